The molecule has 2 aromatic carbocycles. The average molecular weight is 499 g/mol. The summed E-state index contributed by atoms with van der Waals surface area (Å²) in [6.45, 7) is 4.55. The molecule has 1 atom stereocenters. The van der Waals surface area contributed by atoms with Crippen molar-refractivity contribution in [3.63, 3.8) is 0 Å². The van der Waals surface area contributed by atoms with Gasteiger partial charge in [-0.1, -0.05) is 47.7 Å². The summed E-state index contributed by atoms with van der Waals surface area (Å²) in [5.74, 6) is -0.863. The highest BCUT2D eigenvalue weighted by molar-refractivity contribution is 7.90. The van der Waals surface area contributed by atoms with Gasteiger partial charge in [0.15, 0.2) is 9.84 Å². The van der Waals surface area contributed by atoms with Crippen molar-refractivity contribution < 1.29 is 18.0 Å². The molecule has 0 bridgehead atoms. The van der Waals surface area contributed by atoms with Gasteiger partial charge in [0.2, 0.25) is 16.9 Å². The molecule has 0 saturated carbocycles. The fraction of sp³-hybridized carbons (Fsp3) is 0.333. The van der Waals surface area contributed by atoms with Gasteiger partial charge < -0.3 is 10.2 Å². The fourth-order valence-corrected chi connectivity index (χ4v) is 5.99. The molecule has 1 aliphatic heterocycles. The number of carbonyl (C=O) groups excluding carboxylic acids is 2. The van der Waals surface area contributed by atoms with Crippen molar-refractivity contribution in [1.29, 1.82) is 0 Å². The Morgan fingerprint density at radius 1 is 1.12 bits per heavy atom. The zero-order valence-electron chi connectivity index (χ0n) is 19.0. The van der Waals surface area contributed by atoms with E-state index in [0.29, 0.717) is 28.7 Å². The molecule has 1 aromatic heterocycles. The zero-order valence-corrected chi connectivity index (χ0v) is 20.7. The lowest BCUT2D eigenvalue weighted by molar-refractivity contribution is -0.117. The third-order valence-electron chi connectivity index (χ3n) is 5.83. The Bertz CT molecular complexity index is 1310. The number of amides is 2. The SMILES string of the molecule is Cc1ccc(N2C[C@@H](c3nnc(NC(=O)CCS(=O)(=O)Cc4ccccc4)s3)CC2=O)cc1C. The Morgan fingerprint density at radius 2 is 1.88 bits per heavy atom. The maximum Gasteiger partial charge on any atom is 0.227 e. The van der Waals surface area contributed by atoms with Crippen LogP contribution in [0.5, 0.6) is 0 Å². The second-order valence-electron chi connectivity index (χ2n) is 8.50. The van der Waals surface area contributed by atoms with Crippen LogP contribution in [0, 0.1) is 13.8 Å². The van der Waals surface area contributed by atoms with Crippen molar-refractivity contribution in [3.8, 4) is 0 Å². The van der Waals surface area contributed by atoms with E-state index in [1.807, 2.05) is 38.1 Å². The van der Waals surface area contributed by atoms with Crippen molar-refractivity contribution in [2.24, 2.45) is 0 Å². The highest BCUT2D eigenvalue weighted by Gasteiger charge is 2.34. The van der Waals surface area contributed by atoms with E-state index in [-0.39, 0.29) is 29.8 Å². The third-order valence-corrected chi connectivity index (χ3v) is 8.43. The topological polar surface area (TPSA) is 109 Å². The lowest BCUT2D eigenvalue weighted by atomic mass is 10.1. The molecule has 1 N–H and O–H groups in total. The number of rotatable bonds is 8. The summed E-state index contributed by atoms with van der Waals surface area (Å²) >= 11 is 1.22. The molecule has 1 fully saturated rings. The lowest BCUT2D eigenvalue weighted by Crippen LogP contribution is -2.24. The van der Waals surface area contributed by atoms with E-state index in [0.717, 1.165) is 11.3 Å². The van der Waals surface area contributed by atoms with Gasteiger partial charge in [0.1, 0.15) is 5.01 Å². The van der Waals surface area contributed by atoms with Crippen molar-refractivity contribution in [3.05, 3.63) is 70.2 Å². The first-order chi connectivity index (χ1) is 16.2. The van der Waals surface area contributed by atoms with Gasteiger partial charge in [-0.3, -0.25) is 9.59 Å². The minimum absolute atomic E-state index is 0.0256. The molecule has 178 valence electrons. The van der Waals surface area contributed by atoms with E-state index in [2.05, 4.69) is 15.5 Å². The molecular weight excluding hydrogens is 472 g/mol. The van der Waals surface area contributed by atoms with Crippen molar-refractivity contribution in [2.75, 3.05) is 22.5 Å². The van der Waals surface area contributed by atoms with Gasteiger partial charge >= 0.3 is 0 Å². The number of hydrogen-bond donors (Lipinski definition) is 1. The summed E-state index contributed by atoms with van der Waals surface area (Å²) in [6, 6.07) is 14.8. The van der Waals surface area contributed by atoms with Crippen LogP contribution >= 0.6 is 11.3 Å². The van der Waals surface area contributed by atoms with Crippen LogP contribution in [0.1, 0.15) is 40.5 Å². The van der Waals surface area contributed by atoms with Gasteiger partial charge in [0.05, 0.1) is 11.5 Å². The number of anilines is 2. The van der Waals surface area contributed by atoms with Crippen LogP contribution in [0.4, 0.5) is 10.8 Å². The van der Waals surface area contributed by atoms with E-state index in [9.17, 15) is 18.0 Å². The number of carbonyl (C=O) groups is 2. The highest BCUT2D eigenvalue weighted by atomic mass is 32.2. The normalized spacial score (nSPS) is 16.1. The molecule has 10 heteroatoms. The number of hydrogen-bond acceptors (Lipinski definition) is 7. The van der Waals surface area contributed by atoms with Crippen LogP contribution in [0.15, 0.2) is 48.5 Å². The van der Waals surface area contributed by atoms with Gasteiger partial charge in [0, 0.05) is 31.0 Å². The molecule has 34 heavy (non-hydrogen) atoms. The molecule has 3 aromatic rings. The quantitative estimate of drug-likeness (QED) is 0.508. The van der Waals surface area contributed by atoms with E-state index in [4.69, 9.17) is 0 Å². The number of sulfone groups is 1. The molecule has 4 rings (SSSR count). The largest absolute Gasteiger partial charge is 0.312 e. The number of nitrogens with zero attached hydrogens (tertiary/aromatic N) is 3. The molecule has 0 aliphatic carbocycles. The molecule has 1 aliphatic rings. The number of aromatic nitrogens is 2. The van der Waals surface area contributed by atoms with Crippen LogP contribution in [-0.4, -0.2) is 42.7 Å². The summed E-state index contributed by atoms with van der Waals surface area (Å²) in [5.41, 5.74) is 3.85. The van der Waals surface area contributed by atoms with E-state index in [1.54, 1.807) is 29.2 Å². The second-order valence-corrected chi connectivity index (χ2v) is 11.7. The van der Waals surface area contributed by atoms with Gasteiger partial charge in [-0.05, 0) is 42.7 Å². The summed E-state index contributed by atoms with van der Waals surface area (Å²) in [6.07, 6.45) is 0.166. The van der Waals surface area contributed by atoms with Crippen LogP contribution < -0.4 is 10.2 Å². The summed E-state index contributed by atoms with van der Waals surface area (Å²) in [5, 5.41) is 11.8. The monoisotopic (exact) mass is 498 g/mol. The predicted octanol–water partition coefficient (Wildman–Crippen LogP) is 3.62. The highest BCUT2D eigenvalue weighted by Crippen LogP contribution is 2.34. The standard InChI is InChI=1S/C24H26N4O4S2/c1-16-8-9-20(12-17(16)2)28-14-19(13-22(28)30)23-26-27-24(33-23)25-21(29)10-11-34(31,32)15-18-6-4-3-5-7-18/h3-9,12,19H,10-11,13-15H2,1-2H3,(H,25,27,29)/t19-/m0/s1. The van der Waals surface area contributed by atoms with E-state index < -0.39 is 15.7 Å². The fourth-order valence-electron chi connectivity index (χ4n) is 3.80. The summed E-state index contributed by atoms with van der Waals surface area (Å²) in [4.78, 5) is 26.7. The van der Waals surface area contributed by atoms with Crippen LogP contribution in [0.3, 0.4) is 0 Å². The second kappa shape index (κ2) is 10.0. The van der Waals surface area contributed by atoms with Gasteiger partial charge in [-0.15, -0.1) is 10.2 Å². The zero-order chi connectivity index (χ0) is 24.3. The van der Waals surface area contributed by atoms with E-state index >= 15 is 0 Å². The smallest absolute Gasteiger partial charge is 0.227 e. The predicted molar refractivity (Wildman–Crippen MR) is 133 cm³/mol. The van der Waals surface area contributed by atoms with Crippen molar-refractivity contribution >= 4 is 43.8 Å². The Balaban J connectivity index is 1.32. The molecule has 2 amide bonds. The molecule has 0 unspecified atom stereocenters. The van der Waals surface area contributed by atoms with Gasteiger partial charge in [-0.25, -0.2) is 8.42 Å². The number of benzene rings is 2. The Hall–Kier alpha value is -3.11. The maximum atomic E-state index is 12.6. The molecule has 8 nitrogen and oxygen atoms in total. The molecule has 1 saturated heterocycles. The molecule has 0 radical (unpaired) electrons. The van der Waals surface area contributed by atoms with Crippen molar-refractivity contribution in [2.45, 2.75) is 38.4 Å². The minimum atomic E-state index is -3.41. The first-order valence-electron chi connectivity index (χ1n) is 11.0. The number of nitrogens with one attached hydrogen (secondary N) is 1. The first kappa shape index (κ1) is 24.0. The molecular formula is C24H26N4O4S2. The maximum absolute atomic E-state index is 12.6. The molecule has 2 heterocycles. The van der Waals surface area contributed by atoms with Crippen LogP contribution in [0.2, 0.25) is 0 Å². The first-order valence-corrected chi connectivity index (χ1v) is 13.6. The van der Waals surface area contributed by atoms with Crippen LogP contribution in [0.25, 0.3) is 0 Å². The van der Waals surface area contributed by atoms with Crippen LogP contribution in [-0.2, 0) is 25.2 Å². The van der Waals surface area contributed by atoms with Gasteiger partial charge in [0.25, 0.3) is 0 Å². The Labute approximate surface area is 202 Å². The third kappa shape index (κ3) is 5.87. The van der Waals surface area contributed by atoms with Crippen molar-refractivity contribution in [1.82, 2.24) is 10.2 Å². The molecule has 0 spiro atoms. The van der Waals surface area contributed by atoms with E-state index in [1.165, 1.54) is 16.9 Å². The Morgan fingerprint density at radius 3 is 2.62 bits per heavy atom. The summed E-state index contributed by atoms with van der Waals surface area (Å²) in [7, 11) is -3.41. The lowest BCUT2D eigenvalue weighted by Gasteiger charge is -2.17. The average Bonchev–Trinajstić information content (AvgIpc) is 3.41. The minimum Gasteiger partial charge on any atom is -0.312 e. The van der Waals surface area contributed by atoms with Gasteiger partial charge in [-0.2, -0.15) is 0 Å². The number of aryl methyl sites for hydroxylation is 2. The Kier molecular flexibility index (Phi) is 7.08. The summed E-state index contributed by atoms with van der Waals surface area (Å²) < 4.78 is 24.6.